The molecular weight excluding hydrogens is 488 g/mol. The molecule has 2 atom stereocenters. The number of nitrogens with zero attached hydrogens (tertiary/aromatic N) is 2. The molecule has 1 amide bonds. The number of amides is 1. The van der Waals surface area contributed by atoms with Crippen LogP contribution in [0, 0.1) is 11.8 Å². The fourth-order valence-electron chi connectivity index (χ4n) is 5.65. The lowest BCUT2D eigenvalue weighted by Crippen LogP contribution is -2.35. The van der Waals surface area contributed by atoms with Gasteiger partial charge in [-0.3, -0.25) is 14.8 Å². The molecule has 1 saturated heterocycles. The van der Waals surface area contributed by atoms with Crippen LogP contribution in [0.4, 0.5) is 5.69 Å². The molecule has 2 heterocycles. The molecule has 2 fully saturated rings. The summed E-state index contributed by atoms with van der Waals surface area (Å²) >= 11 is 0. The smallest absolute Gasteiger partial charge is 0.211 e. The fraction of sp³-hybridized carbons (Fsp3) is 0.312. The number of carbonyl (C=O) groups is 1. The normalized spacial score (nSPS) is 20.7. The maximum absolute atomic E-state index is 11.2. The summed E-state index contributed by atoms with van der Waals surface area (Å²) in [6, 6.07) is 20.7. The Bertz CT molecular complexity index is 1560. The summed E-state index contributed by atoms with van der Waals surface area (Å²) in [5.74, 6) is 7.66. The van der Waals surface area contributed by atoms with Crippen LogP contribution in [0.15, 0.2) is 60.7 Å². The third kappa shape index (κ3) is 5.14. The van der Waals surface area contributed by atoms with E-state index in [2.05, 4.69) is 81.6 Å². The van der Waals surface area contributed by atoms with E-state index in [9.17, 15) is 4.79 Å². The summed E-state index contributed by atoms with van der Waals surface area (Å²) in [6.45, 7) is 6.76. The van der Waals surface area contributed by atoms with Crippen LogP contribution in [0.25, 0.3) is 10.9 Å². The summed E-state index contributed by atoms with van der Waals surface area (Å²) in [4.78, 5) is 13.6. The first-order valence-corrected chi connectivity index (χ1v) is 13.4. The molecule has 198 valence electrons. The number of aromatic nitrogens is 2. The Balaban J connectivity index is 1.18. The summed E-state index contributed by atoms with van der Waals surface area (Å²) in [5.41, 5.74) is 7.03. The van der Waals surface area contributed by atoms with Gasteiger partial charge in [-0.2, -0.15) is 5.10 Å². The number of methoxy groups -OCH3 is 1. The van der Waals surface area contributed by atoms with Crippen molar-refractivity contribution >= 4 is 23.0 Å². The van der Waals surface area contributed by atoms with Gasteiger partial charge in [-0.15, -0.1) is 0 Å². The second kappa shape index (κ2) is 10.6. The van der Waals surface area contributed by atoms with Crippen molar-refractivity contribution in [2.75, 3.05) is 38.7 Å². The van der Waals surface area contributed by atoms with Gasteiger partial charge in [-0.1, -0.05) is 31.0 Å². The minimum atomic E-state index is -0.0968. The van der Waals surface area contributed by atoms with Crippen LogP contribution in [0.5, 0.6) is 5.75 Å². The first-order chi connectivity index (χ1) is 19.1. The van der Waals surface area contributed by atoms with Crippen molar-refractivity contribution in [1.29, 1.82) is 0 Å². The van der Waals surface area contributed by atoms with Gasteiger partial charge in [0.15, 0.2) is 0 Å². The highest BCUT2D eigenvalue weighted by Crippen LogP contribution is 2.62. The Kier molecular flexibility index (Phi) is 6.82. The highest BCUT2D eigenvalue weighted by molar-refractivity contribution is 5.85. The lowest BCUT2D eigenvalue weighted by molar-refractivity contribution is -0.105. The van der Waals surface area contributed by atoms with Crippen LogP contribution < -0.4 is 10.1 Å². The van der Waals surface area contributed by atoms with Crippen LogP contribution in [0.1, 0.15) is 47.2 Å². The molecule has 1 aliphatic heterocycles. The van der Waals surface area contributed by atoms with E-state index in [0.717, 1.165) is 84.8 Å². The van der Waals surface area contributed by atoms with Gasteiger partial charge >= 0.3 is 0 Å². The van der Waals surface area contributed by atoms with Gasteiger partial charge in [0.25, 0.3) is 0 Å². The molecule has 1 saturated carbocycles. The highest BCUT2D eigenvalue weighted by Gasteiger charge is 2.53. The van der Waals surface area contributed by atoms with E-state index in [-0.39, 0.29) is 5.41 Å². The van der Waals surface area contributed by atoms with E-state index < -0.39 is 0 Å². The molecule has 0 radical (unpaired) electrons. The van der Waals surface area contributed by atoms with Crippen LogP contribution in [0.2, 0.25) is 0 Å². The molecule has 2 unspecified atom stereocenters. The predicted octanol–water partition coefficient (Wildman–Crippen LogP) is 4.82. The van der Waals surface area contributed by atoms with Crippen molar-refractivity contribution in [2.24, 2.45) is 0 Å². The van der Waals surface area contributed by atoms with Crippen molar-refractivity contribution < 1.29 is 14.3 Å². The molecule has 7 nitrogen and oxygen atoms in total. The average molecular weight is 521 g/mol. The second-order valence-electron chi connectivity index (χ2n) is 10.6. The number of H-pyrrole nitrogens is 1. The number of fused-ring (bicyclic) bond motifs is 1. The van der Waals surface area contributed by atoms with Gasteiger partial charge in [-0.05, 0) is 77.4 Å². The number of benzene rings is 3. The van der Waals surface area contributed by atoms with Gasteiger partial charge in [0.05, 0.1) is 25.8 Å². The first-order valence-electron chi connectivity index (χ1n) is 13.4. The Morgan fingerprint density at radius 1 is 1.13 bits per heavy atom. The number of rotatable bonds is 7. The van der Waals surface area contributed by atoms with E-state index in [1.54, 1.807) is 7.11 Å². The molecule has 0 spiro atoms. The van der Waals surface area contributed by atoms with Gasteiger partial charge in [0.1, 0.15) is 11.4 Å². The summed E-state index contributed by atoms with van der Waals surface area (Å²) in [6.07, 6.45) is 1.71. The summed E-state index contributed by atoms with van der Waals surface area (Å²) < 4.78 is 10.9. The second-order valence-corrected chi connectivity index (χ2v) is 10.6. The molecule has 0 bridgehead atoms. The van der Waals surface area contributed by atoms with E-state index in [1.165, 1.54) is 11.1 Å². The van der Waals surface area contributed by atoms with Crippen LogP contribution in [-0.4, -0.2) is 54.9 Å². The Morgan fingerprint density at radius 3 is 2.72 bits per heavy atom. The average Bonchev–Trinajstić information content (AvgIpc) is 3.51. The van der Waals surface area contributed by atoms with Gasteiger partial charge in [0.2, 0.25) is 6.41 Å². The minimum Gasteiger partial charge on any atom is -0.497 e. The van der Waals surface area contributed by atoms with Gasteiger partial charge in [-0.25, -0.2) is 0 Å². The minimum absolute atomic E-state index is 0.0968. The summed E-state index contributed by atoms with van der Waals surface area (Å²) in [7, 11) is 1.66. The zero-order valence-electron chi connectivity index (χ0n) is 22.3. The molecule has 2 N–H and O–H groups in total. The lowest BCUT2D eigenvalue weighted by atomic mass is 9.90. The van der Waals surface area contributed by atoms with Crippen molar-refractivity contribution in [3.63, 3.8) is 0 Å². The summed E-state index contributed by atoms with van der Waals surface area (Å²) in [5, 5.41) is 11.5. The van der Waals surface area contributed by atoms with Crippen molar-refractivity contribution in [3.05, 3.63) is 88.6 Å². The maximum Gasteiger partial charge on any atom is 0.211 e. The maximum atomic E-state index is 11.2. The largest absolute Gasteiger partial charge is 0.497 e. The monoisotopic (exact) mass is 520 g/mol. The molecule has 4 aromatic rings. The number of carbonyl (C=O) groups excluding carboxylic acids is 1. The molecule has 39 heavy (non-hydrogen) atoms. The highest BCUT2D eigenvalue weighted by atomic mass is 16.5. The number of nitrogens with one attached hydrogen (secondary N) is 2. The van der Waals surface area contributed by atoms with Crippen LogP contribution >= 0.6 is 0 Å². The van der Waals surface area contributed by atoms with Gasteiger partial charge in [0, 0.05) is 41.7 Å². The predicted molar refractivity (Wildman–Crippen MR) is 152 cm³/mol. The third-order valence-electron chi connectivity index (χ3n) is 8.07. The SMILES string of the molecule is COc1ccc(NC=O)c(C2(C)CC2c2ccc3c(C#Cc4ccc(CN5CCOCC5)cc4)[nH]nc3c2)c1. The number of morpholine rings is 1. The van der Waals surface area contributed by atoms with E-state index >= 15 is 0 Å². The van der Waals surface area contributed by atoms with Crippen LogP contribution in [-0.2, 0) is 21.5 Å². The van der Waals surface area contributed by atoms with E-state index in [0.29, 0.717) is 5.92 Å². The molecular formula is C32H32N4O3. The van der Waals surface area contributed by atoms with Crippen molar-refractivity contribution in [1.82, 2.24) is 15.1 Å². The van der Waals surface area contributed by atoms with E-state index in [1.807, 2.05) is 18.2 Å². The molecule has 1 aliphatic carbocycles. The number of hydrogen-bond donors (Lipinski definition) is 2. The molecule has 7 heteroatoms. The zero-order valence-corrected chi connectivity index (χ0v) is 22.3. The first kappa shape index (κ1) is 25.2. The zero-order chi connectivity index (χ0) is 26.8. The number of anilines is 1. The number of aromatic amines is 1. The molecule has 1 aromatic heterocycles. The van der Waals surface area contributed by atoms with Crippen LogP contribution in [0.3, 0.4) is 0 Å². The van der Waals surface area contributed by atoms with Crippen molar-refractivity contribution in [2.45, 2.75) is 31.2 Å². The number of hydrogen-bond acceptors (Lipinski definition) is 5. The number of ether oxygens (including phenoxy) is 2. The van der Waals surface area contributed by atoms with Crippen molar-refractivity contribution in [3.8, 4) is 17.6 Å². The lowest BCUT2D eigenvalue weighted by Gasteiger charge is -2.26. The molecule has 6 rings (SSSR count). The van der Waals surface area contributed by atoms with E-state index in [4.69, 9.17) is 9.47 Å². The quantitative estimate of drug-likeness (QED) is 0.270. The third-order valence-corrected chi connectivity index (χ3v) is 8.07. The molecule has 3 aromatic carbocycles. The Morgan fingerprint density at radius 2 is 1.95 bits per heavy atom. The standard InChI is InChI=1S/C32H32N4O3/c1-32(27-18-25(38-2)9-12-30(27)33-21-37)19-28(32)24-8-10-26-29(34-35-31(26)17-24)11-7-22-3-5-23(6-4-22)20-36-13-15-39-16-14-36/h3-6,8-10,12,17-18,21,28H,13-16,19-20H2,1-2H3,(H,33,37)(H,34,35). The topological polar surface area (TPSA) is 79.5 Å². The van der Waals surface area contributed by atoms with Gasteiger partial charge < -0.3 is 14.8 Å². The molecule has 2 aliphatic rings. The Hall–Kier alpha value is -4.12. The Labute approximate surface area is 228 Å². The fourth-order valence-corrected chi connectivity index (χ4v) is 5.65.